The Labute approximate surface area is 105 Å². The maximum Gasteiger partial charge on any atom is 0.396 e. The van der Waals surface area contributed by atoms with Crippen molar-refractivity contribution in [2.45, 2.75) is 19.4 Å². The highest BCUT2D eigenvalue weighted by Gasteiger charge is 2.14. The van der Waals surface area contributed by atoms with Gasteiger partial charge in [-0.2, -0.15) is 0 Å². The molecule has 0 bridgehead atoms. The normalized spacial score (nSPS) is 13.2. The quantitative estimate of drug-likeness (QED) is 0.622. The number of amides is 1. The van der Waals surface area contributed by atoms with Gasteiger partial charge in [-0.15, -0.1) is 0 Å². The number of carbonyl (C=O) groups excluding carboxylic acids is 2. The lowest BCUT2D eigenvalue weighted by Crippen LogP contribution is -2.31. The van der Waals surface area contributed by atoms with Crippen molar-refractivity contribution < 1.29 is 19.1 Å². The Morgan fingerprint density at radius 1 is 1.44 bits per heavy atom. The van der Waals surface area contributed by atoms with Crippen LogP contribution in [-0.4, -0.2) is 25.6 Å². The van der Waals surface area contributed by atoms with Crippen molar-refractivity contribution in [2.24, 2.45) is 0 Å². The predicted octanol–water partition coefficient (Wildman–Crippen LogP) is 0.801. The van der Waals surface area contributed by atoms with Crippen LogP contribution in [0.1, 0.15) is 17.5 Å². The largest absolute Gasteiger partial charge is 0.493 e. The lowest BCUT2D eigenvalue weighted by Gasteiger charge is -2.17. The fourth-order valence-electron chi connectivity index (χ4n) is 1.87. The van der Waals surface area contributed by atoms with Crippen LogP contribution < -0.4 is 10.1 Å². The summed E-state index contributed by atoms with van der Waals surface area (Å²) in [6.45, 7) is 1.06. The van der Waals surface area contributed by atoms with Gasteiger partial charge in [0.1, 0.15) is 5.75 Å². The molecule has 1 aliphatic heterocycles. The zero-order chi connectivity index (χ0) is 13.0. The van der Waals surface area contributed by atoms with Gasteiger partial charge in [-0.1, -0.05) is 12.1 Å². The Bertz CT molecular complexity index is 470. The van der Waals surface area contributed by atoms with Gasteiger partial charge in [0.15, 0.2) is 0 Å². The monoisotopic (exact) mass is 249 g/mol. The molecule has 1 aliphatic rings. The zero-order valence-electron chi connectivity index (χ0n) is 10.2. The molecule has 18 heavy (non-hydrogen) atoms. The van der Waals surface area contributed by atoms with Crippen LogP contribution in [0.4, 0.5) is 0 Å². The molecule has 0 unspecified atom stereocenters. The Hall–Kier alpha value is -2.04. The topological polar surface area (TPSA) is 64.6 Å². The molecule has 5 nitrogen and oxygen atoms in total. The molecule has 1 N–H and O–H groups in total. The third kappa shape index (κ3) is 2.80. The standard InChI is InChI=1S/C13H15NO4/c1-17-13(16)12(15)14-8-9-4-5-11-10(7-9)3-2-6-18-11/h4-5,7H,2-3,6,8H2,1H3,(H,14,15). The van der Waals surface area contributed by atoms with E-state index in [9.17, 15) is 9.59 Å². The van der Waals surface area contributed by atoms with Gasteiger partial charge in [-0.25, -0.2) is 4.79 Å². The molecule has 1 aromatic rings. The lowest BCUT2D eigenvalue weighted by atomic mass is 10.0. The second kappa shape index (κ2) is 5.53. The number of carbonyl (C=O) groups is 2. The molecule has 2 rings (SSSR count). The summed E-state index contributed by atoms with van der Waals surface area (Å²) in [5.41, 5.74) is 2.09. The molecule has 1 aromatic carbocycles. The van der Waals surface area contributed by atoms with Crippen LogP contribution in [-0.2, 0) is 27.3 Å². The van der Waals surface area contributed by atoms with Crippen LogP contribution in [0.15, 0.2) is 18.2 Å². The lowest BCUT2D eigenvalue weighted by molar-refractivity contribution is -0.152. The Morgan fingerprint density at radius 3 is 3.06 bits per heavy atom. The molecule has 0 atom stereocenters. The van der Waals surface area contributed by atoms with Crippen LogP contribution in [0, 0.1) is 0 Å². The van der Waals surface area contributed by atoms with Gasteiger partial charge in [0.25, 0.3) is 0 Å². The number of hydrogen-bond donors (Lipinski definition) is 1. The van der Waals surface area contributed by atoms with Crippen LogP contribution in [0.25, 0.3) is 0 Å². The smallest absolute Gasteiger partial charge is 0.396 e. The Balaban J connectivity index is 1.98. The Morgan fingerprint density at radius 2 is 2.28 bits per heavy atom. The van der Waals surface area contributed by atoms with Crippen molar-refractivity contribution in [3.05, 3.63) is 29.3 Å². The maximum absolute atomic E-state index is 11.2. The van der Waals surface area contributed by atoms with E-state index in [1.807, 2.05) is 18.2 Å². The maximum atomic E-state index is 11.2. The molecule has 0 fully saturated rings. The molecule has 0 aliphatic carbocycles. The predicted molar refractivity (Wildman–Crippen MR) is 64.1 cm³/mol. The summed E-state index contributed by atoms with van der Waals surface area (Å²) < 4.78 is 9.82. The van der Waals surface area contributed by atoms with Crippen LogP contribution >= 0.6 is 0 Å². The molecule has 96 valence electrons. The van der Waals surface area contributed by atoms with Crippen LogP contribution in [0.3, 0.4) is 0 Å². The fourth-order valence-corrected chi connectivity index (χ4v) is 1.87. The number of rotatable bonds is 2. The first-order valence-electron chi connectivity index (χ1n) is 5.81. The van der Waals surface area contributed by atoms with Gasteiger partial charge in [0, 0.05) is 6.54 Å². The highest BCUT2D eigenvalue weighted by atomic mass is 16.5. The summed E-state index contributed by atoms with van der Waals surface area (Å²) in [6, 6.07) is 5.77. The molecular weight excluding hydrogens is 234 g/mol. The molecule has 0 aromatic heterocycles. The van der Waals surface area contributed by atoms with E-state index < -0.39 is 11.9 Å². The van der Waals surface area contributed by atoms with Gasteiger partial charge in [-0.05, 0) is 30.0 Å². The van der Waals surface area contributed by atoms with E-state index in [2.05, 4.69) is 10.1 Å². The molecule has 0 radical (unpaired) electrons. The van der Waals surface area contributed by atoms with E-state index in [1.165, 1.54) is 7.11 Å². The van der Waals surface area contributed by atoms with E-state index in [1.54, 1.807) is 0 Å². The molecule has 5 heteroatoms. The van der Waals surface area contributed by atoms with E-state index in [0.29, 0.717) is 6.54 Å². The first-order chi connectivity index (χ1) is 8.70. The van der Waals surface area contributed by atoms with Crippen molar-refractivity contribution in [3.8, 4) is 5.75 Å². The van der Waals surface area contributed by atoms with Crippen LogP contribution in [0.2, 0.25) is 0 Å². The zero-order valence-corrected chi connectivity index (χ0v) is 10.2. The number of methoxy groups -OCH3 is 1. The SMILES string of the molecule is COC(=O)C(=O)NCc1ccc2c(c1)CCCO2. The van der Waals surface area contributed by atoms with Gasteiger partial charge >= 0.3 is 11.9 Å². The summed E-state index contributed by atoms with van der Waals surface area (Å²) in [5.74, 6) is -0.702. The Kier molecular flexibility index (Phi) is 3.82. The second-order valence-corrected chi connectivity index (χ2v) is 4.07. The molecule has 1 heterocycles. The minimum Gasteiger partial charge on any atom is -0.493 e. The number of aryl methyl sites for hydroxylation is 1. The molecule has 1 amide bonds. The molecule has 0 saturated carbocycles. The van der Waals surface area contributed by atoms with Crippen LogP contribution in [0.5, 0.6) is 5.75 Å². The number of ether oxygens (including phenoxy) is 2. The van der Waals surface area contributed by atoms with Crippen molar-refractivity contribution in [2.75, 3.05) is 13.7 Å². The van der Waals surface area contributed by atoms with E-state index in [0.717, 1.165) is 36.3 Å². The van der Waals surface area contributed by atoms with E-state index in [-0.39, 0.29) is 0 Å². The average Bonchev–Trinajstić information content (AvgIpc) is 2.43. The second-order valence-electron chi connectivity index (χ2n) is 4.07. The van der Waals surface area contributed by atoms with Crippen molar-refractivity contribution in [3.63, 3.8) is 0 Å². The number of hydrogen-bond acceptors (Lipinski definition) is 4. The summed E-state index contributed by atoms with van der Waals surface area (Å²) in [5, 5.41) is 2.50. The van der Waals surface area contributed by atoms with Crippen molar-refractivity contribution in [1.29, 1.82) is 0 Å². The average molecular weight is 249 g/mol. The van der Waals surface area contributed by atoms with Gasteiger partial charge in [-0.3, -0.25) is 4.79 Å². The third-order valence-electron chi connectivity index (χ3n) is 2.80. The van der Waals surface area contributed by atoms with Gasteiger partial charge in [0.2, 0.25) is 0 Å². The summed E-state index contributed by atoms with van der Waals surface area (Å²) in [7, 11) is 1.18. The number of nitrogens with one attached hydrogen (secondary N) is 1. The molecular formula is C13H15NO4. The highest BCUT2D eigenvalue weighted by Crippen LogP contribution is 2.25. The van der Waals surface area contributed by atoms with E-state index >= 15 is 0 Å². The first kappa shape index (κ1) is 12.4. The summed E-state index contributed by atoms with van der Waals surface area (Å²) >= 11 is 0. The number of benzene rings is 1. The third-order valence-corrected chi connectivity index (χ3v) is 2.80. The van der Waals surface area contributed by atoms with Gasteiger partial charge in [0.05, 0.1) is 13.7 Å². The first-order valence-corrected chi connectivity index (χ1v) is 5.81. The minimum absolute atomic E-state index is 0.307. The summed E-state index contributed by atoms with van der Waals surface area (Å²) in [4.78, 5) is 22.1. The number of esters is 1. The van der Waals surface area contributed by atoms with Crippen molar-refractivity contribution in [1.82, 2.24) is 5.32 Å². The minimum atomic E-state index is -0.878. The summed E-state index contributed by atoms with van der Waals surface area (Å²) in [6.07, 6.45) is 1.99. The van der Waals surface area contributed by atoms with Gasteiger partial charge < -0.3 is 14.8 Å². The molecule has 0 saturated heterocycles. The molecule has 0 spiro atoms. The highest BCUT2D eigenvalue weighted by molar-refractivity contribution is 6.32. The van der Waals surface area contributed by atoms with Crippen molar-refractivity contribution >= 4 is 11.9 Å². The number of fused-ring (bicyclic) bond motifs is 1. The fraction of sp³-hybridized carbons (Fsp3) is 0.385. The van der Waals surface area contributed by atoms with E-state index in [4.69, 9.17) is 4.74 Å².